The van der Waals surface area contributed by atoms with Crippen molar-refractivity contribution in [3.8, 4) is 0 Å². The summed E-state index contributed by atoms with van der Waals surface area (Å²) < 4.78 is 0. The first-order chi connectivity index (χ1) is 9.95. The zero-order valence-corrected chi connectivity index (χ0v) is 12.7. The quantitative estimate of drug-likeness (QED) is 0.731. The number of nitrogens with two attached hydrogens (primary N) is 1. The van der Waals surface area contributed by atoms with E-state index in [0.717, 1.165) is 41.1 Å². The summed E-state index contributed by atoms with van der Waals surface area (Å²) in [7, 11) is 0. The predicted molar refractivity (Wildman–Crippen MR) is 82.0 cm³/mol. The minimum Gasteiger partial charge on any atom is -0.369 e. The number of hydrogen-bond donors (Lipinski definition) is 3. The monoisotopic (exact) mass is 290 g/mol. The fourth-order valence-electron chi connectivity index (χ4n) is 2.85. The average Bonchev–Trinajstić information content (AvgIpc) is 2.43. The van der Waals surface area contributed by atoms with Gasteiger partial charge in [0.2, 0.25) is 5.91 Å². The molecule has 1 aromatic carbocycles. The first kappa shape index (κ1) is 15.5. The molecule has 1 aliphatic rings. The van der Waals surface area contributed by atoms with Crippen LogP contribution < -0.4 is 16.0 Å². The smallest absolute Gasteiger partial charge is 0.279 e. The van der Waals surface area contributed by atoms with Crippen LogP contribution >= 0.6 is 0 Å². The summed E-state index contributed by atoms with van der Waals surface area (Å²) in [6, 6.07) is 6.01. The molecule has 1 saturated heterocycles. The number of piperidine rings is 1. The van der Waals surface area contributed by atoms with Crippen molar-refractivity contribution in [3.63, 3.8) is 0 Å². The molecule has 0 aliphatic carbocycles. The van der Waals surface area contributed by atoms with Crippen molar-refractivity contribution >= 4 is 17.5 Å². The average molecular weight is 290 g/mol. The van der Waals surface area contributed by atoms with Crippen molar-refractivity contribution < 1.29 is 14.5 Å². The highest BCUT2D eigenvalue weighted by atomic mass is 16.2. The number of nitrogens with one attached hydrogen (secondary N) is 2. The van der Waals surface area contributed by atoms with Crippen molar-refractivity contribution in [1.82, 2.24) is 0 Å². The van der Waals surface area contributed by atoms with Crippen LogP contribution in [0.1, 0.15) is 24.0 Å². The fourth-order valence-corrected chi connectivity index (χ4v) is 2.85. The molecule has 5 nitrogen and oxygen atoms in total. The third-order valence-electron chi connectivity index (χ3n) is 4.10. The minimum absolute atomic E-state index is 0.0104. The highest BCUT2D eigenvalue weighted by Gasteiger charge is 2.28. The highest BCUT2D eigenvalue weighted by molar-refractivity contribution is 5.92. The van der Waals surface area contributed by atoms with Gasteiger partial charge in [-0.3, -0.25) is 9.59 Å². The van der Waals surface area contributed by atoms with Gasteiger partial charge in [-0.05, 0) is 43.9 Å². The lowest BCUT2D eigenvalue weighted by Gasteiger charge is -2.27. The number of quaternary nitrogens is 1. The summed E-state index contributed by atoms with van der Waals surface area (Å²) in [4.78, 5) is 24.6. The van der Waals surface area contributed by atoms with Crippen molar-refractivity contribution in [3.05, 3.63) is 29.3 Å². The molecule has 2 rings (SSSR count). The lowest BCUT2D eigenvalue weighted by atomic mass is 9.97. The Morgan fingerprint density at radius 3 is 2.86 bits per heavy atom. The Kier molecular flexibility index (Phi) is 4.96. The van der Waals surface area contributed by atoms with Gasteiger partial charge in [0.25, 0.3) is 5.91 Å². The van der Waals surface area contributed by atoms with Crippen LogP contribution in [0.15, 0.2) is 18.2 Å². The van der Waals surface area contributed by atoms with E-state index in [1.165, 1.54) is 0 Å². The molecule has 1 aliphatic heterocycles. The Morgan fingerprint density at radius 2 is 2.14 bits per heavy atom. The summed E-state index contributed by atoms with van der Waals surface area (Å²) in [5, 5.41) is 2.97. The Hall–Kier alpha value is -1.88. The molecule has 0 radical (unpaired) electrons. The zero-order valence-electron chi connectivity index (χ0n) is 12.7. The van der Waals surface area contributed by atoms with Crippen LogP contribution in [0, 0.1) is 19.8 Å². The van der Waals surface area contributed by atoms with Crippen LogP contribution in [-0.2, 0) is 9.59 Å². The Balaban J connectivity index is 1.92. The van der Waals surface area contributed by atoms with E-state index in [-0.39, 0.29) is 17.7 Å². The zero-order chi connectivity index (χ0) is 15.4. The molecule has 5 heteroatoms. The largest absolute Gasteiger partial charge is 0.369 e. The number of rotatable bonds is 4. The molecule has 1 fully saturated rings. The molecule has 21 heavy (non-hydrogen) atoms. The predicted octanol–water partition coefficient (Wildman–Crippen LogP) is 0.0221. The van der Waals surface area contributed by atoms with E-state index in [2.05, 4.69) is 5.32 Å². The molecule has 2 amide bonds. The van der Waals surface area contributed by atoms with Crippen LogP contribution in [0.5, 0.6) is 0 Å². The number of amides is 2. The van der Waals surface area contributed by atoms with Gasteiger partial charge in [0.1, 0.15) is 0 Å². The van der Waals surface area contributed by atoms with Crippen LogP contribution in [0.3, 0.4) is 0 Å². The Labute approximate surface area is 125 Å². The SMILES string of the molecule is Cc1ccc(C)c(NC(=O)C[NH+]2CCC[C@@H](C(N)=O)C2)c1. The summed E-state index contributed by atoms with van der Waals surface area (Å²) in [5.41, 5.74) is 8.40. The van der Waals surface area contributed by atoms with E-state index in [4.69, 9.17) is 5.73 Å². The van der Waals surface area contributed by atoms with E-state index in [1.54, 1.807) is 0 Å². The standard InChI is InChI=1S/C16H23N3O2/c1-11-5-6-12(2)14(8-11)18-15(20)10-19-7-3-4-13(9-19)16(17)21/h5-6,8,13H,3-4,7,9-10H2,1-2H3,(H2,17,21)(H,18,20)/p+1/t13-/m1/s1. The molecule has 2 atom stereocenters. The maximum Gasteiger partial charge on any atom is 0.279 e. The number of carbonyl (C=O) groups is 2. The van der Waals surface area contributed by atoms with Gasteiger partial charge in [-0.15, -0.1) is 0 Å². The topological polar surface area (TPSA) is 76.6 Å². The van der Waals surface area contributed by atoms with E-state index in [1.807, 2.05) is 32.0 Å². The molecule has 0 aromatic heterocycles. The third kappa shape index (κ3) is 4.29. The van der Waals surface area contributed by atoms with E-state index < -0.39 is 0 Å². The maximum atomic E-state index is 12.2. The van der Waals surface area contributed by atoms with Crippen LogP contribution in [-0.4, -0.2) is 31.4 Å². The first-order valence-corrected chi connectivity index (χ1v) is 7.45. The summed E-state index contributed by atoms with van der Waals surface area (Å²) >= 11 is 0. The van der Waals surface area contributed by atoms with Crippen molar-refractivity contribution in [2.45, 2.75) is 26.7 Å². The van der Waals surface area contributed by atoms with Crippen LogP contribution in [0.2, 0.25) is 0 Å². The molecule has 1 unspecified atom stereocenters. The fraction of sp³-hybridized carbons (Fsp3) is 0.500. The van der Waals surface area contributed by atoms with E-state index >= 15 is 0 Å². The second-order valence-corrected chi connectivity index (χ2v) is 5.99. The third-order valence-corrected chi connectivity index (χ3v) is 4.10. The molecule has 1 aromatic rings. The van der Waals surface area contributed by atoms with Gasteiger partial charge >= 0.3 is 0 Å². The maximum absolute atomic E-state index is 12.2. The number of carbonyl (C=O) groups excluding carboxylic acids is 2. The summed E-state index contributed by atoms with van der Waals surface area (Å²) in [6.45, 7) is 5.95. The van der Waals surface area contributed by atoms with Gasteiger partial charge < -0.3 is 16.0 Å². The van der Waals surface area contributed by atoms with Gasteiger partial charge in [-0.1, -0.05) is 12.1 Å². The number of aryl methyl sites for hydroxylation is 2. The minimum atomic E-state index is -0.248. The number of anilines is 1. The summed E-state index contributed by atoms with van der Waals surface area (Å²) in [5.74, 6) is -0.354. The first-order valence-electron chi connectivity index (χ1n) is 7.45. The van der Waals surface area contributed by atoms with Crippen molar-refractivity contribution in [1.29, 1.82) is 0 Å². The number of likely N-dealkylation sites (tertiary alicyclic amines) is 1. The van der Waals surface area contributed by atoms with Gasteiger partial charge in [0.15, 0.2) is 6.54 Å². The number of hydrogen-bond acceptors (Lipinski definition) is 2. The second-order valence-electron chi connectivity index (χ2n) is 5.99. The molecule has 1 heterocycles. The molecular weight excluding hydrogens is 266 g/mol. The van der Waals surface area contributed by atoms with Crippen molar-refractivity contribution in [2.24, 2.45) is 11.7 Å². The summed E-state index contributed by atoms with van der Waals surface area (Å²) in [6.07, 6.45) is 1.79. The Bertz CT molecular complexity index is 542. The molecule has 4 N–H and O–H groups in total. The molecule has 0 saturated carbocycles. The molecule has 114 valence electrons. The van der Waals surface area contributed by atoms with E-state index in [0.29, 0.717) is 13.1 Å². The second kappa shape index (κ2) is 6.72. The normalized spacial score (nSPS) is 21.8. The molecular formula is C16H24N3O2+. The highest BCUT2D eigenvalue weighted by Crippen LogP contribution is 2.15. The Morgan fingerprint density at radius 1 is 1.38 bits per heavy atom. The lowest BCUT2D eigenvalue weighted by Crippen LogP contribution is -3.14. The van der Waals surface area contributed by atoms with Gasteiger partial charge in [0, 0.05) is 5.69 Å². The van der Waals surface area contributed by atoms with Crippen LogP contribution in [0.4, 0.5) is 5.69 Å². The van der Waals surface area contributed by atoms with Crippen molar-refractivity contribution in [2.75, 3.05) is 25.0 Å². The van der Waals surface area contributed by atoms with E-state index in [9.17, 15) is 9.59 Å². The van der Waals surface area contributed by atoms with Crippen LogP contribution in [0.25, 0.3) is 0 Å². The lowest BCUT2D eigenvalue weighted by molar-refractivity contribution is -0.899. The van der Waals surface area contributed by atoms with Gasteiger partial charge in [0.05, 0.1) is 19.0 Å². The number of primary amides is 1. The van der Waals surface area contributed by atoms with Gasteiger partial charge in [-0.25, -0.2) is 0 Å². The molecule has 0 spiro atoms. The number of benzene rings is 1. The van der Waals surface area contributed by atoms with Gasteiger partial charge in [-0.2, -0.15) is 0 Å². The molecule has 0 bridgehead atoms.